The second-order valence-corrected chi connectivity index (χ2v) is 24.6. The van der Waals surface area contributed by atoms with Gasteiger partial charge in [-0.3, -0.25) is 44.2 Å². The number of aliphatic carboxylic acids is 1. The topological polar surface area (TPSA) is 252 Å². The van der Waals surface area contributed by atoms with E-state index in [-0.39, 0.29) is 74.0 Å². The SMILES string of the molecule is C.CC1(c2ccc(/C=C/C(=O)CCc3ccc4c(c3)CN(C3CCC(=O)NC3=O)C4=O)cc2)CC1.CC1(c2ccc(/C=C/C(=O)O)cc2)CC1.CC1=N/C(=C\c2ccc(C3(C)CC3)cc2)C(=O)O1.Cl.NCc1ccc2c(c1)CN(C1CCC(=O)NC1=O)C2=O. The molecule has 5 fully saturated rings. The number of rotatable bonds is 14. The predicted octanol–water partition coefficient (Wildman–Crippen LogP) is 10.6. The quantitative estimate of drug-likeness (QED) is 0.0460. The molecule has 2 saturated heterocycles. The predicted molar refractivity (Wildman–Crippen MR) is 342 cm³/mol. The first-order chi connectivity index (χ1) is 41.6. The molecule has 5 aliphatic heterocycles. The molecule has 5 aromatic carbocycles. The summed E-state index contributed by atoms with van der Waals surface area (Å²) in [5.74, 6) is -2.52. The molecule has 17 nitrogen and oxygen atoms in total. The monoisotopic (exact) mass is 1220 g/mol. The third-order valence-electron chi connectivity index (χ3n) is 17.8. The number of hydrogen-bond acceptors (Lipinski definition) is 12. The molecule has 3 aliphatic carbocycles. The van der Waals surface area contributed by atoms with E-state index in [9.17, 15) is 43.2 Å². The number of benzene rings is 5. The molecule has 5 aromatic rings. The van der Waals surface area contributed by atoms with Gasteiger partial charge in [0.2, 0.25) is 23.6 Å². The average molecular weight is 1230 g/mol. The van der Waals surface area contributed by atoms with Crippen LogP contribution in [0.15, 0.2) is 132 Å². The van der Waals surface area contributed by atoms with Crippen LogP contribution in [0.4, 0.5) is 0 Å². The number of esters is 1. The van der Waals surface area contributed by atoms with Gasteiger partial charge < -0.3 is 25.4 Å². The van der Waals surface area contributed by atoms with Gasteiger partial charge in [0, 0.05) is 63.0 Å². The lowest BCUT2D eigenvalue weighted by Gasteiger charge is -2.29. The van der Waals surface area contributed by atoms with E-state index in [2.05, 4.69) is 84.9 Å². The largest absolute Gasteiger partial charge is 0.478 e. The molecule has 3 saturated carbocycles. The van der Waals surface area contributed by atoms with Gasteiger partial charge in [-0.2, -0.15) is 0 Å². The summed E-state index contributed by atoms with van der Waals surface area (Å²) in [7, 11) is 0. The molecule has 8 aliphatic rings. The molecular formula is C71H77ClN6O11. The van der Waals surface area contributed by atoms with Crippen molar-refractivity contribution < 1.29 is 53.0 Å². The number of carboxylic acid groups (broad SMARTS) is 1. The van der Waals surface area contributed by atoms with Crippen LogP contribution in [0.3, 0.4) is 0 Å². The number of hydrogen-bond donors (Lipinski definition) is 4. The fourth-order valence-electron chi connectivity index (χ4n) is 11.3. The molecule has 6 amide bonds. The summed E-state index contributed by atoms with van der Waals surface area (Å²) in [5, 5.41) is 13.1. The van der Waals surface area contributed by atoms with Gasteiger partial charge in [0.1, 0.15) is 12.1 Å². The lowest BCUT2D eigenvalue weighted by atomic mass is 9.97. The number of aryl methyl sites for hydroxylation is 1. The number of allylic oxidation sites excluding steroid dienone is 1. The van der Waals surface area contributed by atoms with Gasteiger partial charge in [-0.25, -0.2) is 14.6 Å². The van der Waals surface area contributed by atoms with Crippen LogP contribution in [0, 0.1) is 0 Å². The number of imide groups is 2. The van der Waals surface area contributed by atoms with Crippen molar-refractivity contribution in [2.45, 2.75) is 160 Å². The number of ketones is 1. The Labute approximate surface area is 525 Å². The van der Waals surface area contributed by atoms with Gasteiger partial charge in [-0.1, -0.05) is 131 Å². The van der Waals surface area contributed by atoms with Crippen LogP contribution in [0.1, 0.15) is 182 Å². The molecule has 0 aromatic heterocycles. The number of ether oxygens (including phenoxy) is 1. The maximum absolute atomic E-state index is 12.8. The maximum atomic E-state index is 12.8. The third kappa shape index (κ3) is 16.0. The summed E-state index contributed by atoms with van der Waals surface area (Å²) in [6.07, 6.45) is 17.8. The summed E-state index contributed by atoms with van der Waals surface area (Å²) >= 11 is 0. The van der Waals surface area contributed by atoms with Gasteiger partial charge in [-0.05, 0) is 160 Å². The molecule has 5 N–H and O–H groups in total. The van der Waals surface area contributed by atoms with E-state index in [0.717, 1.165) is 45.0 Å². The van der Waals surface area contributed by atoms with E-state index in [1.54, 1.807) is 42.2 Å². The number of carbonyl (C=O) groups is 9. The zero-order valence-electron chi connectivity index (χ0n) is 49.9. The number of amides is 6. The number of piperidine rings is 2. The van der Waals surface area contributed by atoms with Crippen LogP contribution < -0.4 is 16.4 Å². The van der Waals surface area contributed by atoms with E-state index in [1.165, 1.54) is 60.1 Å². The zero-order valence-corrected chi connectivity index (χ0v) is 50.7. The van der Waals surface area contributed by atoms with Gasteiger partial charge in [0.15, 0.2) is 17.4 Å². The molecule has 2 unspecified atom stereocenters. The minimum Gasteiger partial charge on any atom is -0.478 e. The summed E-state index contributed by atoms with van der Waals surface area (Å²) in [5.41, 5.74) is 19.0. The second kappa shape index (κ2) is 27.6. The number of fused-ring (bicyclic) bond motifs is 2. The zero-order chi connectivity index (χ0) is 61.8. The standard InChI is InChI=1S/C28H28N2O4.C15H15NO2.C14H15N3O3.C13H14O2.CH4.ClH/c1-28(14-15-28)21-7-2-18(3-8-21)4-9-22(31)10-5-19-6-11-23-20(16-19)17-30(27(23)34)24-12-13-25(32)29-26(24)33;1-10-16-13(14(17)18-10)9-11-3-5-12(6-4-11)15(2)7-8-15;15-6-8-1-2-10-9(5-8)7-17(14(10)20)11-3-4-12(18)16-13(11)19;1-13(8-9-13)11-5-2-10(3-6-11)4-7-12(14)15;;/h2-4,6-9,11,16,24H,5,10,12-15,17H2,1H3,(H,29,32,33);3-6,9H,7-8H2,1-2H3;1-2,5,11H,3-4,6-7,15H2,(H,16,18,19);2-7H,8-9H2,1H3,(H,14,15);1H4;1H/b9-4+;13-9-;;7-4+;;. The lowest BCUT2D eigenvalue weighted by molar-refractivity contribution is -0.138. The minimum absolute atomic E-state index is 0. The Balaban J connectivity index is 0.000000161. The van der Waals surface area contributed by atoms with Crippen molar-refractivity contribution in [3.63, 3.8) is 0 Å². The second-order valence-electron chi connectivity index (χ2n) is 24.6. The van der Waals surface area contributed by atoms with Gasteiger partial charge in [0.25, 0.3) is 11.8 Å². The number of carbonyl (C=O) groups excluding carboxylic acids is 8. The number of nitrogens with two attached hydrogens (primary N) is 1. The Kier molecular flexibility index (Phi) is 20.5. The molecule has 2 atom stereocenters. The molecule has 13 rings (SSSR count). The number of nitrogens with zero attached hydrogens (tertiary/aromatic N) is 3. The maximum Gasteiger partial charge on any atom is 0.363 e. The van der Waals surface area contributed by atoms with E-state index in [4.69, 9.17) is 15.6 Å². The van der Waals surface area contributed by atoms with Crippen LogP contribution in [-0.4, -0.2) is 86.1 Å². The summed E-state index contributed by atoms with van der Waals surface area (Å²) in [6.45, 7) is 9.65. The molecule has 89 heavy (non-hydrogen) atoms. The lowest BCUT2D eigenvalue weighted by Crippen LogP contribution is -2.52. The molecule has 0 bridgehead atoms. The number of cyclic esters (lactones) is 1. The van der Waals surface area contributed by atoms with Crippen molar-refractivity contribution >= 4 is 89.7 Å². The molecule has 5 heterocycles. The van der Waals surface area contributed by atoms with Crippen molar-refractivity contribution in [1.29, 1.82) is 0 Å². The van der Waals surface area contributed by atoms with E-state index in [0.29, 0.717) is 84.3 Å². The van der Waals surface area contributed by atoms with E-state index >= 15 is 0 Å². The Morgan fingerprint density at radius 2 is 1.03 bits per heavy atom. The van der Waals surface area contributed by atoms with E-state index < -0.39 is 24.0 Å². The molecule has 0 radical (unpaired) electrons. The van der Waals surface area contributed by atoms with Crippen molar-refractivity contribution in [1.82, 2.24) is 20.4 Å². The van der Waals surface area contributed by atoms with Gasteiger partial charge in [0.05, 0.1) is 0 Å². The Morgan fingerprint density at radius 1 is 0.618 bits per heavy atom. The number of halogens is 1. The summed E-state index contributed by atoms with van der Waals surface area (Å²) in [6, 6.07) is 34.8. The summed E-state index contributed by atoms with van der Waals surface area (Å²) in [4.78, 5) is 113. The number of nitrogens with one attached hydrogen (secondary N) is 2. The summed E-state index contributed by atoms with van der Waals surface area (Å²) < 4.78 is 4.88. The van der Waals surface area contributed by atoms with Crippen molar-refractivity contribution in [2.24, 2.45) is 10.7 Å². The van der Waals surface area contributed by atoms with Crippen molar-refractivity contribution in [2.75, 3.05) is 0 Å². The Morgan fingerprint density at radius 3 is 1.43 bits per heavy atom. The highest BCUT2D eigenvalue weighted by Crippen LogP contribution is 2.49. The van der Waals surface area contributed by atoms with Crippen LogP contribution >= 0.6 is 12.4 Å². The first-order valence-electron chi connectivity index (χ1n) is 29.7. The van der Waals surface area contributed by atoms with E-state index in [1.807, 2.05) is 54.6 Å². The first kappa shape index (κ1) is 66.0. The average Bonchev–Trinajstić information content (AvgIpc) is 1.78. The number of carboxylic acids is 1. The minimum atomic E-state index is -0.909. The van der Waals surface area contributed by atoms with Crippen LogP contribution in [-0.2, 0) is 80.6 Å². The van der Waals surface area contributed by atoms with Crippen molar-refractivity contribution in [3.8, 4) is 0 Å². The van der Waals surface area contributed by atoms with Crippen LogP contribution in [0.2, 0.25) is 0 Å². The van der Waals surface area contributed by atoms with Gasteiger partial charge >= 0.3 is 11.9 Å². The molecule has 0 spiro atoms. The Bertz CT molecular complexity index is 3720. The van der Waals surface area contributed by atoms with Crippen LogP contribution in [0.25, 0.3) is 18.2 Å². The fourth-order valence-corrected chi connectivity index (χ4v) is 11.3. The van der Waals surface area contributed by atoms with Crippen LogP contribution in [0.5, 0.6) is 0 Å². The van der Waals surface area contributed by atoms with Crippen molar-refractivity contribution in [3.05, 3.63) is 194 Å². The fraction of sp³-hybridized carbons (Fsp3) is 0.352. The third-order valence-corrected chi connectivity index (χ3v) is 17.8. The first-order valence-corrected chi connectivity index (χ1v) is 29.7. The smallest absolute Gasteiger partial charge is 0.363 e. The highest BCUT2D eigenvalue weighted by Gasteiger charge is 2.42. The number of aliphatic imine (C=N–C) groups is 1. The molecular weight excluding hydrogens is 1150 g/mol. The van der Waals surface area contributed by atoms with Gasteiger partial charge in [-0.15, -0.1) is 12.4 Å². The highest BCUT2D eigenvalue weighted by atomic mass is 35.5. The Hall–Kier alpha value is -8.93. The highest BCUT2D eigenvalue weighted by molar-refractivity contribution is 6.08. The normalized spacial score (nSPS) is 20.6. The molecule has 18 heteroatoms. The molecule has 464 valence electrons.